The minimum Gasteiger partial charge on any atom is -0.354 e. The summed E-state index contributed by atoms with van der Waals surface area (Å²) >= 11 is 0. The molecule has 0 saturated heterocycles. The maximum Gasteiger partial charge on any atom is 0.417 e. The fourth-order valence-electron chi connectivity index (χ4n) is 1.81. The highest BCUT2D eigenvalue weighted by atomic mass is 19.4. The smallest absolute Gasteiger partial charge is 0.354 e. The fourth-order valence-corrected chi connectivity index (χ4v) is 1.81. The lowest BCUT2D eigenvalue weighted by Gasteiger charge is -2.13. The van der Waals surface area contributed by atoms with E-state index in [1.165, 1.54) is 25.2 Å². The van der Waals surface area contributed by atoms with E-state index in [9.17, 15) is 22.4 Å². The van der Waals surface area contributed by atoms with Gasteiger partial charge in [0.15, 0.2) is 0 Å². The molecule has 0 fully saturated rings. The van der Waals surface area contributed by atoms with Crippen molar-refractivity contribution in [2.45, 2.75) is 6.18 Å². The predicted octanol–water partition coefficient (Wildman–Crippen LogP) is 3.27. The van der Waals surface area contributed by atoms with Crippen LogP contribution in [0.25, 0.3) is 11.3 Å². The molecule has 0 bridgehead atoms. The van der Waals surface area contributed by atoms with Gasteiger partial charge in [-0.2, -0.15) is 13.2 Å². The van der Waals surface area contributed by atoms with Crippen LogP contribution in [-0.2, 0) is 6.18 Å². The third kappa shape index (κ3) is 3.18. The molecule has 110 valence electrons. The second-order valence-corrected chi connectivity index (χ2v) is 4.17. The van der Waals surface area contributed by atoms with Gasteiger partial charge < -0.3 is 5.32 Å². The van der Waals surface area contributed by atoms with Crippen molar-refractivity contribution in [2.24, 2.45) is 0 Å². The van der Waals surface area contributed by atoms with E-state index in [0.29, 0.717) is 6.07 Å². The first-order valence-corrected chi connectivity index (χ1v) is 5.89. The zero-order valence-corrected chi connectivity index (χ0v) is 10.8. The Morgan fingerprint density at radius 3 is 2.52 bits per heavy atom. The van der Waals surface area contributed by atoms with E-state index < -0.39 is 23.5 Å². The molecule has 0 unspecified atom stereocenters. The second kappa shape index (κ2) is 5.51. The number of halogens is 4. The number of pyridine rings is 1. The summed E-state index contributed by atoms with van der Waals surface area (Å²) in [5.74, 6) is -1.51. The number of aromatic nitrogens is 1. The van der Waals surface area contributed by atoms with Crippen LogP contribution in [0.4, 0.5) is 17.6 Å². The minimum atomic E-state index is -4.72. The van der Waals surface area contributed by atoms with Crippen molar-refractivity contribution < 1.29 is 22.4 Å². The number of carbonyl (C=O) groups excluding carboxylic acids is 1. The first-order valence-electron chi connectivity index (χ1n) is 5.89. The molecule has 1 heterocycles. The Morgan fingerprint density at radius 1 is 1.19 bits per heavy atom. The fraction of sp³-hybridized carbons (Fsp3) is 0.143. The highest BCUT2D eigenvalue weighted by Gasteiger charge is 2.34. The Hall–Kier alpha value is -2.44. The molecule has 7 heteroatoms. The summed E-state index contributed by atoms with van der Waals surface area (Å²) in [5.41, 5.74) is -1.49. The van der Waals surface area contributed by atoms with Crippen LogP contribution in [0.5, 0.6) is 0 Å². The lowest BCUT2D eigenvalue weighted by molar-refractivity contribution is -0.137. The molecule has 0 aliphatic rings. The highest BCUT2D eigenvalue weighted by Crippen LogP contribution is 2.36. The largest absolute Gasteiger partial charge is 0.417 e. The van der Waals surface area contributed by atoms with Crippen LogP contribution in [0.15, 0.2) is 36.4 Å². The Labute approximate surface area is 117 Å². The number of nitrogens with one attached hydrogen (secondary N) is 1. The summed E-state index contributed by atoms with van der Waals surface area (Å²) in [5, 5.41) is 2.33. The summed E-state index contributed by atoms with van der Waals surface area (Å²) in [6, 6.07) is 6.43. The van der Waals surface area contributed by atoms with Gasteiger partial charge in [-0.1, -0.05) is 6.07 Å². The van der Waals surface area contributed by atoms with Crippen LogP contribution in [0.2, 0.25) is 0 Å². The topological polar surface area (TPSA) is 42.0 Å². The summed E-state index contributed by atoms with van der Waals surface area (Å²) in [4.78, 5) is 15.4. The number of nitrogens with zero attached hydrogens (tertiary/aromatic N) is 1. The zero-order valence-electron chi connectivity index (χ0n) is 10.8. The van der Waals surface area contributed by atoms with E-state index in [4.69, 9.17) is 0 Å². The van der Waals surface area contributed by atoms with Crippen molar-refractivity contribution in [3.63, 3.8) is 0 Å². The van der Waals surface area contributed by atoms with Crippen LogP contribution in [0.3, 0.4) is 0 Å². The lowest BCUT2D eigenvalue weighted by atomic mass is 10.0. The lowest BCUT2D eigenvalue weighted by Crippen LogP contribution is -2.19. The number of hydrogen-bond donors (Lipinski definition) is 1. The van der Waals surface area contributed by atoms with Gasteiger partial charge in [0.1, 0.15) is 11.5 Å². The Balaban J connectivity index is 2.60. The number of rotatable bonds is 2. The van der Waals surface area contributed by atoms with Crippen molar-refractivity contribution in [1.29, 1.82) is 0 Å². The Bertz CT molecular complexity index is 683. The molecule has 1 N–H and O–H groups in total. The molecule has 2 rings (SSSR count). The number of alkyl halides is 3. The average molecular weight is 298 g/mol. The van der Waals surface area contributed by atoms with Crippen molar-refractivity contribution >= 4 is 5.91 Å². The molecule has 1 aromatic heterocycles. The molecule has 21 heavy (non-hydrogen) atoms. The molecule has 0 saturated carbocycles. The molecule has 0 radical (unpaired) electrons. The molecule has 2 aromatic rings. The summed E-state index contributed by atoms with van der Waals surface area (Å²) in [7, 11) is 1.38. The van der Waals surface area contributed by atoms with Crippen molar-refractivity contribution in [2.75, 3.05) is 7.05 Å². The number of carbonyl (C=O) groups is 1. The SMILES string of the molecule is CNC(=O)c1cccc(-c2ccc(F)cc2C(F)(F)F)n1. The van der Waals surface area contributed by atoms with E-state index in [1.807, 2.05) is 0 Å². The Kier molecular flexibility index (Phi) is 3.93. The molecule has 0 atom stereocenters. The van der Waals surface area contributed by atoms with Gasteiger partial charge in [0.25, 0.3) is 5.91 Å². The maximum absolute atomic E-state index is 13.1. The van der Waals surface area contributed by atoms with E-state index >= 15 is 0 Å². The van der Waals surface area contributed by atoms with Crippen LogP contribution in [0.1, 0.15) is 16.1 Å². The molecule has 3 nitrogen and oxygen atoms in total. The van der Waals surface area contributed by atoms with Crippen molar-refractivity contribution in [3.05, 3.63) is 53.5 Å². The molecule has 0 aliphatic heterocycles. The average Bonchev–Trinajstić information content (AvgIpc) is 2.45. The van der Waals surface area contributed by atoms with E-state index in [2.05, 4.69) is 10.3 Å². The van der Waals surface area contributed by atoms with Crippen LogP contribution < -0.4 is 5.32 Å². The molecule has 0 aliphatic carbocycles. The summed E-state index contributed by atoms with van der Waals surface area (Å²) in [6.07, 6.45) is -4.72. The maximum atomic E-state index is 13.1. The molecular weight excluding hydrogens is 288 g/mol. The first-order chi connectivity index (χ1) is 9.82. The van der Waals surface area contributed by atoms with Gasteiger partial charge >= 0.3 is 6.18 Å². The third-order valence-corrected chi connectivity index (χ3v) is 2.77. The van der Waals surface area contributed by atoms with Gasteiger partial charge in [0.2, 0.25) is 0 Å². The molecule has 0 spiro atoms. The van der Waals surface area contributed by atoms with Crippen molar-refractivity contribution in [1.82, 2.24) is 10.3 Å². The van der Waals surface area contributed by atoms with Crippen molar-refractivity contribution in [3.8, 4) is 11.3 Å². The quantitative estimate of drug-likeness (QED) is 0.865. The third-order valence-electron chi connectivity index (χ3n) is 2.77. The number of amides is 1. The van der Waals surface area contributed by atoms with Gasteiger partial charge in [-0.05, 0) is 30.3 Å². The normalized spacial score (nSPS) is 11.3. The monoisotopic (exact) mass is 298 g/mol. The summed E-state index contributed by atoms with van der Waals surface area (Å²) in [6.45, 7) is 0. The summed E-state index contributed by atoms with van der Waals surface area (Å²) < 4.78 is 52.0. The van der Waals surface area contributed by atoms with E-state index in [0.717, 1.165) is 12.1 Å². The van der Waals surface area contributed by atoms with Gasteiger partial charge in [0.05, 0.1) is 11.3 Å². The molecule has 1 amide bonds. The van der Waals surface area contributed by atoms with E-state index in [1.54, 1.807) is 0 Å². The molecule has 1 aromatic carbocycles. The van der Waals surface area contributed by atoms with Gasteiger partial charge in [0, 0.05) is 12.6 Å². The minimum absolute atomic E-state index is 0.0209. The zero-order chi connectivity index (χ0) is 15.6. The highest BCUT2D eigenvalue weighted by molar-refractivity contribution is 5.92. The van der Waals surface area contributed by atoms with Crippen LogP contribution >= 0.6 is 0 Å². The first kappa shape index (κ1) is 15.0. The predicted molar refractivity (Wildman–Crippen MR) is 68.0 cm³/mol. The second-order valence-electron chi connectivity index (χ2n) is 4.17. The van der Waals surface area contributed by atoms with E-state index in [-0.39, 0.29) is 17.0 Å². The van der Waals surface area contributed by atoms with Crippen LogP contribution in [-0.4, -0.2) is 17.9 Å². The Morgan fingerprint density at radius 2 is 1.90 bits per heavy atom. The molecular formula is C14H10F4N2O. The van der Waals surface area contributed by atoms with Gasteiger partial charge in [-0.15, -0.1) is 0 Å². The van der Waals surface area contributed by atoms with Crippen LogP contribution in [0, 0.1) is 5.82 Å². The number of hydrogen-bond acceptors (Lipinski definition) is 2. The van der Waals surface area contributed by atoms with Gasteiger partial charge in [-0.3, -0.25) is 4.79 Å². The number of benzene rings is 1. The van der Waals surface area contributed by atoms with Gasteiger partial charge in [-0.25, -0.2) is 9.37 Å². The standard InChI is InChI=1S/C14H10F4N2O/c1-19-13(21)12-4-2-3-11(20-12)9-6-5-8(15)7-10(9)14(16,17)18/h2-7H,1H3,(H,19,21).